The fourth-order valence-corrected chi connectivity index (χ4v) is 3.24. The molecule has 1 amide bonds. The molecule has 0 unspecified atom stereocenters. The number of nitrogens with one attached hydrogen (secondary N) is 1. The number of nitro groups is 1. The van der Waals surface area contributed by atoms with E-state index in [9.17, 15) is 23.3 Å². The molecule has 0 aromatic heterocycles. The van der Waals surface area contributed by atoms with Gasteiger partial charge in [0, 0.05) is 24.0 Å². The topological polar surface area (TPSA) is 128 Å². The molecule has 0 saturated heterocycles. The summed E-state index contributed by atoms with van der Waals surface area (Å²) >= 11 is 0. The Morgan fingerprint density at radius 3 is 2.37 bits per heavy atom. The normalized spacial score (nSPS) is 11.2. The van der Waals surface area contributed by atoms with Crippen LogP contribution in [0.2, 0.25) is 0 Å². The van der Waals surface area contributed by atoms with Gasteiger partial charge in [-0.1, -0.05) is 24.3 Å². The third kappa shape index (κ3) is 5.49. The molecular weight excluding hydrogens is 410 g/mol. The van der Waals surface area contributed by atoms with Crippen LogP contribution >= 0.6 is 0 Å². The van der Waals surface area contributed by atoms with Gasteiger partial charge in [-0.2, -0.15) is 12.8 Å². The Labute approximate surface area is 171 Å². The molecule has 0 spiro atoms. The minimum Gasteiger partial charge on any atom is -0.410 e. The van der Waals surface area contributed by atoms with Crippen molar-refractivity contribution < 1.29 is 22.9 Å². The molecule has 0 aliphatic carbocycles. The molecule has 0 atom stereocenters. The summed E-state index contributed by atoms with van der Waals surface area (Å²) in [5.74, 6) is 0.252. The number of carbonyl (C=O) groups is 1. The number of nitrogens with zero attached hydrogens (tertiary/aromatic N) is 2. The average molecular weight is 425 g/mol. The summed E-state index contributed by atoms with van der Waals surface area (Å²) in [6, 6.07) is 19.4. The molecule has 10 heteroatoms. The van der Waals surface area contributed by atoms with Crippen molar-refractivity contribution in [1.29, 1.82) is 0 Å². The van der Waals surface area contributed by atoms with E-state index in [0.29, 0.717) is 11.3 Å². The number of non-ortho nitro benzene ring substituents is 1. The van der Waals surface area contributed by atoms with Gasteiger partial charge in [-0.05, 0) is 48.0 Å². The van der Waals surface area contributed by atoms with Crippen LogP contribution in [0.3, 0.4) is 0 Å². The van der Waals surface area contributed by atoms with Crippen LogP contribution in [0.25, 0.3) is 0 Å². The number of nitro benzene ring substituents is 1. The quantitative estimate of drug-likeness (QED) is 0.361. The van der Waals surface area contributed by atoms with Gasteiger partial charge in [0.1, 0.15) is 5.75 Å². The van der Waals surface area contributed by atoms with Gasteiger partial charge in [0.15, 0.2) is 0 Å². The minimum atomic E-state index is -4.11. The summed E-state index contributed by atoms with van der Waals surface area (Å²) in [5, 5.41) is 13.4. The van der Waals surface area contributed by atoms with E-state index in [2.05, 4.69) is 9.71 Å². The number of anilines is 1. The zero-order valence-corrected chi connectivity index (χ0v) is 16.2. The fraction of sp³-hybridized carbons (Fsp3) is 0. The molecule has 0 fully saturated rings. The Morgan fingerprint density at radius 1 is 1.00 bits per heavy atom. The Morgan fingerprint density at radius 2 is 1.70 bits per heavy atom. The van der Waals surface area contributed by atoms with Crippen molar-refractivity contribution in [3.05, 3.63) is 94.5 Å². The third-order valence-corrected chi connectivity index (χ3v) is 5.01. The SMILES string of the molecule is O=C(Nc1ccccc1)Oc1ccc(C=NS(=O)(=O)c2cccc([N+](=O)[O-])c2)cc1. The van der Waals surface area contributed by atoms with Gasteiger partial charge in [-0.15, -0.1) is 0 Å². The zero-order chi connectivity index (χ0) is 21.6. The van der Waals surface area contributed by atoms with E-state index >= 15 is 0 Å². The maximum absolute atomic E-state index is 12.3. The van der Waals surface area contributed by atoms with Crippen molar-refractivity contribution >= 4 is 33.7 Å². The Balaban J connectivity index is 1.66. The monoisotopic (exact) mass is 425 g/mol. The molecule has 152 valence electrons. The van der Waals surface area contributed by atoms with Crippen LogP contribution in [0.5, 0.6) is 5.75 Å². The molecule has 0 bridgehead atoms. The molecule has 0 aliphatic heterocycles. The van der Waals surface area contributed by atoms with Crippen molar-refractivity contribution in [1.82, 2.24) is 0 Å². The minimum absolute atomic E-state index is 0.252. The molecule has 0 radical (unpaired) electrons. The molecule has 9 nitrogen and oxygen atoms in total. The predicted octanol–water partition coefficient (Wildman–Crippen LogP) is 4.01. The number of benzene rings is 3. The van der Waals surface area contributed by atoms with Crippen LogP contribution in [-0.4, -0.2) is 25.6 Å². The average Bonchev–Trinajstić information content (AvgIpc) is 2.74. The lowest BCUT2D eigenvalue weighted by atomic mass is 10.2. The van der Waals surface area contributed by atoms with Crippen molar-refractivity contribution in [3.63, 3.8) is 0 Å². The number of ether oxygens (including phenoxy) is 1. The first kappa shape index (κ1) is 20.7. The maximum Gasteiger partial charge on any atom is 0.417 e. The second-order valence-electron chi connectivity index (χ2n) is 5.91. The first-order valence-corrected chi connectivity index (χ1v) is 9.96. The smallest absolute Gasteiger partial charge is 0.410 e. The molecule has 1 N–H and O–H groups in total. The van der Waals surface area contributed by atoms with Crippen molar-refractivity contribution in [2.24, 2.45) is 4.40 Å². The highest BCUT2D eigenvalue weighted by atomic mass is 32.2. The zero-order valence-electron chi connectivity index (χ0n) is 15.3. The molecule has 3 aromatic rings. The standard InChI is InChI=1S/C20H15N3O6S/c24-20(22-16-5-2-1-3-6-16)29-18-11-9-15(10-12-18)14-21-30(27,28)19-8-4-7-17(13-19)23(25)26/h1-14H,(H,22,24). The molecule has 0 saturated carbocycles. The number of rotatable bonds is 6. The number of hydrogen-bond acceptors (Lipinski definition) is 6. The predicted molar refractivity (Wildman–Crippen MR) is 110 cm³/mol. The molecule has 3 rings (SSSR count). The third-order valence-electron chi connectivity index (χ3n) is 3.78. The summed E-state index contributed by atoms with van der Waals surface area (Å²) in [7, 11) is -4.11. The lowest BCUT2D eigenvalue weighted by Gasteiger charge is -2.06. The van der Waals surface area contributed by atoms with Crippen LogP contribution in [0.15, 0.2) is 88.2 Å². The van der Waals surface area contributed by atoms with Crippen molar-refractivity contribution in [2.45, 2.75) is 4.90 Å². The van der Waals surface area contributed by atoms with Crippen molar-refractivity contribution in [2.75, 3.05) is 5.32 Å². The molecule has 0 aliphatic rings. The van der Waals surface area contributed by atoms with E-state index in [0.717, 1.165) is 12.3 Å². The van der Waals surface area contributed by atoms with E-state index < -0.39 is 21.0 Å². The highest BCUT2D eigenvalue weighted by Crippen LogP contribution is 2.19. The Hall–Kier alpha value is -4.05. The molecular formula is C20H15N3O6S. The van der Waals surface area contributed by atoms with Gasteiger partial charge in [0.05, 0.1) is 9.82 Å². The summed E-state index contributed by atoms with van der Waals surface area (Å²) in [6.45, 7) is 0. The van der Waals surface area contributed by atoms with Crippen LogP contribution in [0, 0.1) is 10.1 Å². The van der Waals surface area contributed by atoms with Gasteiger partial charge >= 0.3 is 6.09 Å². The Bertz CT molecular complexity index is 1190. The first-order chi connectivity index (χ1) is 14.3. The van der Waals surface area contributed by atoms with E-state index in [-0.39, 0.29) is 16.3 Å². The Kier molecular flexibility index (Phi) is 6.18. The van der Waals surface area contributed by atoms with E-state index in [1.54, 1.807) is 24.3 Å². The van der Waals surface area contributed by atoms with Gasteiger partial charge in [-0.3, -0.25) is 15.4 Å². The van der Waals surface area contributed by atoms with Crippen molar-refractivity contribution in [3.8, 4) is 5.75 Å². The van der Waals surface area contributed by atoms with E-state index in [4.69, 9.17) is 4.74 Å². The van der Waals surface area contributed by atoms with E-state index in [1.165, 1.54) is 42.5 Å². The lowest BCUT2D eigenvalue weighted by molar-refractivity contribution is -0.385. The molecule has 30 heavy (non-hydrogen) atoms. The molecule has 3 aromatic carbocycles. The van der Waals surface area contributed by atoms with Gasteiger partial charge < -0.3 is 4.74 Å². The maximum atomic E-state index is 12.3. The van der Waals surface area contributed by atoms with Gasteiger partial charge in [-0.25, -0.2) is 4.79 Å². The number of carbonyl (C=O) groups excluding carboxylic acids is 1. The highest BCUT2D eigenvalue weighted by Gasteiger charge is 2.16. The molecule has 0 heterocycles. The largest absolute Gasteiger partial charge is 0.417 e. The lowest BCUT2D eigenvalue weighted by Crippen LogP contribution is -2.16. The number of hydrogen-bond donors (Lipinski definition) is 1. The summed E-state index contributed by atoms with van der Waals surface area (Å²) < 4.78 is 33.2. The number of sulfonamides is 1. The van der Waals surface area contributed by atoms with Gasteiger partial charge in [0.2, 0.25) is 0 Å². The second kappa shape index (κ2) is 8.97. The summed E-state index contributed by atoms with van der Waals surface area (Å²) in [5.41, 5.74) is 0.666. The van der Waals surface area contributed by atoms with Crippen LogP contribution < -0.4 is 10.1 Å². The first-order valence-electron chi connectivity index (χ1n) is 8.52. The summed E-state index contributed by atoms with van der Waals surface area (Å²) in [4.78, 5) is 21.7. The van der Waals surface area contributed by atoms with E-state index in [1.807, 2.05) is 6.07 Å². The number of amides is 1. The second-order valence-corrected chi connectivity index (χ2v) is 7.55. The van der Waals surface area contributed by atoms with Crippen LogP contribution in [0.1, 0.15) is 5.56 Å². The highest BCUT2D eigenvalue weighted by molar-refractivity contribution is 7.90. The number of para-hydroxylation sites is 1. The fourth-order valence-electron chi connectivity index (χ4n) is 2.34. The summed E-state index contributed by atoms with van der Waals surface area (Å²) in [6.07, 6.45) is 0.429. The van der Waals surface area contributed by atoms with Crippen LogP contribution in [0.4, 0.5) is 16.2 Å². The van der Waals surface area contributed by atoms with Gasteiger partial charge in [0.25, 0.3) is 15.7 Å². The van der Waals surface area contributed by atoms with Crippen LogP contribution in [-0.2, 0) is 10.0 Å².